The third-order valence-corrected chi connectivity index (χ3v) is 5.00. The summed E-state index contributed by atoms with van der Waals surface area (Å²) in [5.41, 5.74) is -0.941. The zero-order chi connectivity index (χ0) is 24.7. The second kappa shape index (κ2) is 8.65. The first-order valence-corrected chi connectivity index (χ1v) is 10.2. The van der Waals surface area contributed by atoms with Crippen LogP contribution in [0.2, 0.25) is 0 Å². The van der Waals surface area contributed by atoms with Gasteiger partial charge in [-0.1, -0.05) is 18.2 Å². The molecule has 4 rings (SSSR count). The van der Waals surface area contributed by atoms with Crippen LogP contribution in [-0.4, -0.2) is 26.7 Å². The molecule has 4 aromatic rings. The molecule has 6 nitrogen and oxygen atoms in total. The molecule has 0 aliphatic rings. The largest absolute Gasteiger partial charge is 0.490 e. The van der Waals surface area contributed by atoms with Gasteiger partial charge in [-0.25, -0.2) is 0 Å². The fourth-order valence-corrected chi connectivity index (χ4v) is 3.59. The van der Waals surface area contributed by atoms with Crippen LogP contribution in [0.15, 0.2) is 40.8 Å². The van der Waals surface area contributed by atoms with Gasteiger partial charge in [0.2, 0.25) is 5.82 Å². The maximum atomic E-state index is 13.7. The Labute approximate surface area is 188 Å². The molecule has 0 fully saturated rings. The highest BCUT2D eigenvalue weighted by Crippen LogP contribution is 2.43. The van der Waals surface area contributed by atoms with E-state index >= 15 is 0 Å². The molecule has 0 aliphatic heterocycles. The van der Waals surface area contributed by atoms with Gasteiger partial charge in [-0.3, -0.25) is 0 Å². The van der Waals surface area contributed by atoms with Crippen molar-refractivity contribution in [3.63, 3.8) is 0 Å². The maximum absolute atomic E-state index is 13.7. The summed E-state index contributed by atoms with van der Waals surface area (Å²) in [6, 6.07) is 8.01. The van der Waals surface area contributed by atoms with Crippen molar-refractivity contribution in [1.29, 1.82) is 0 Å². The lowest BCUT2D eigenvalue weighted by molar-refractivity contribution is -0.139. The van der Waals surface area contributed by atoms with Gasteiger partial charge in [-0.05, 0) is 61.2 Å². The lowest BCUT2D eigenvalue weighted by atomic mass is 10.0. The van der Waals surface area contributed by atoms with E-state index in [0.717, 1.165) is 6.07 Å². The van der Waals surface area contributed by atoms with Gasteiger partial charge in [-0.15, -0.1) is 10.2 Å². The Balaban J connectivity index is 1.62. The number of H-pyrrole nitrogens is 1. The van der Waals surface area contributed by atoms with Crippen LogP contribution in [0.5, 0.6) is 5.75 Å². The molecule has 2 aromatic heterocycles. The van der Waals surface area contributed by atoms with Crippen molar-refractivity contribution in [2.45, 2.75) is 45.1 Å². The average molecular weight is 484 g/mol. The number of aromatic nitrogens is 4. The number of aryl methyl sites for hydroxylation is 2. The van der Waals surface area contributed by atoms with Gasteiger partial charge in [0.25, 0.3) is 0 Å². The van der Waals surface area contributed by atoms with Crippen LogP contribution in [0.1, 0.15) is 36.1 Å². The number of benzene rings is 2. The van der Waals surface area contributed by atoms with Gasteiger partial charge in [-0.2, -0.15) is 31.6 Å². The summed E-state index contributed by atoms with van der Waals surface area (Å²) in [5.74, 6) is -1.16. The number of hydrogen-bond acceptors (Lipinski definition) is 5. The molecule has 2 aromatic carbocycles. The van der Waals surface area contributed by atoms with Gasteiger partial charge >= 0.3 is 12.4 Å². The number of tetrazole rings is 1. The molecule has 0 radical (unpaired) electrons. The Kier molecular flexibility index (Phi) is 6.00. The van der Waals surface area contributed by atoms with Crippen molar-refractivity contribution < 1.29 is 35.5 Å². The molecule has 0 amide bonds. The van der Waals surface area contributed by atoms with Crippen molar-refractivity contribution in [2.75, 3.05) is 0 Å². The van der Waals surface area contributed by atoms with Crippen LogP contribution < -0.4 is 4.74 Å². The van der Waals surface area contributed by atoms with E-state index in [2.05, 4.69) is 20.6 Å². The number of nitrogens with one attached hydrogen (secondary N) is 1. The number of ether oxygens (including phenoxy) is 1. The molecule has 34 heavy (non-hydrogen) atoms. The molecular weight excluding hydrogens is 466 g/mol. The van der Waals surface area contributed by atoms with E-state index in [1.807, 2.05) is 0 Å². The molecule has 0 saturated heterocycles. The summed E-state index contributed by atoms with van der Waals surface area (Å²) in [7, 11) is 0. The first-order chi connectivity index (χ1) is 15.9. The lowest BCUT2D eigenvalue weighted by Gasteiger charge is -2.17. The number of rotatable bonds is 6. The van der Waals surface area contributed by atoms with Crippen LogP contribution >= 0.6 is 0 Å². The Morgan fingerprint density at radius 1 is 0.941 bits per heavy atom. The molecule has 1 N–H and O–H groups in total. The molecule has 0 saturated carbocycles. The van der Waals surface area contributed by atoms with Crippen molar-refractivity contribution in [1.82, 2.24) is 20.6 Å². The maximum Gasteiger partial charge on any atom is 0.420 e. The predicted octanol–water partition coefficient (Wildman–Crippen LogP) is 6.22. The van der Waals surface area contributed by atoms with Crippen LogP contribution in [0.4, 0.5) is 26.3 Å². The number of hydrogen-bond donors (Lipinski definition) is 1. The molecule has 2 heterocycles. The van der Waals surface area contributed by atoms with Gasteiger partial charge < -0.3 is 9.15 Å². The normalized spacial score (nSPS) is 12.6. The van der Waals surface area contributed by atoms with Gasteiger partial charge in [0.1, 0.15) is 16.9 Å². The Bertz CT molecular complexity index is 1290. The van der Waals surface area contributed by atoms with Gasteiger partial charge in [0.15, 0.2) is 5.76 Å². The monoisotopic (exact) mass is 484 g/mol. The smallest absolute Gasteiger partial charge is 0.420 e. The van der Waals surface area contributed by atoms with E-state index in [1.165, 1.54) is 30.3 Å². The summed E-state index contributed by atoms with van der Waals surface area (Å²) in [5, 5.41) is 12.3. The first kappa shape index (κ1) is 23.6. The van der Waals surface area contributed by atoms with Crippen LogP contribution in [0.25, 0.3) is 22.6 Å². The number of alkyl halides is 6. The van der Waals surface area contributed by atoms with Crippen molar-refractivity contribution in [3.05, 3.63) is 58.7 Å². The highest BCUT2D eigenvalue weighted by atomic mass is 19.4. The molecular formula is C22H18F6N4O2. The van der Waals surface area contributed by atoms with E-state index in [4.69, 9.17) is 9.15 Å². The summed E-state index contributed by atoms with van der Waals surface area (Å²) in [6.07, 6.45) is -9.24. The van der Waals surface area contributed by atoms with E-state index in [-0.39, 0.29) is 35.4 Å². The number of furan rings is 1. The van der Waals surface area contributed by atoms with E-state index in [1.54, 1.807) is 13.8 Å². The highest BCUT2D eigenvalue weighted by molar-refractivity contribution is 5.88. The van der Waals surface area contributed by atoms with Crippen molar-refractivity contribution in [3.8, 4) is 17.3 Å². The molecule has 0 spiro atoms. The minimum absolute atomic E-state index is 0.0405. The fourth-order valence-electron chi connectivity index (χ4n) is 3.59. The number of halogens is 6. The third-order valence-electron chi connectivity index (χ3n) is 5.00. The molecule has 0 bridgehead atoms. The third kappa shape index (κ3) is 4.85. The second-order valence-electron chi connectivity index (χ2n) is 7.86. The Morgan fingerprint density at radius 2 is 1.62 bits per heavy atom. The Hall–Kier alpha value is -3.57. The number of nitrogens with zero attached hydrogens (tertiary/aromatic N) is 3. The van der Waals surface area contributed by atoms with Gasteiger partial charge in [0.05, 0.1) is 11.7 Å². The quantitative estimate of drug-likeness (QED) is 0.329. The van der Waals surface area contributed by atoms with Crippen molar-refractivity contribution >= 4 is 11.0 Å². The molecule has 0 aliphatic carbocycles. The van der Waals surface area contributed by atoms with E-state index < -0.39 is 35.3 Å². The summed E-state index contributed by atoms with van der Waals surface area (Å²) >= 11 is 0. The predicted molar refractivity (Wildman–Crippen MR) is 109 cm³/mol. The van der Waals surface area contributed by atoms with Crippen LogP contribution in [0.3, 0.4) is 0 Å². The van der Waals surface area contributed by atoms with Gasteiger partial charge in [0, 0.05) is 5.39 Å². The number of aromatic amines is 1. The average Bonchev–Trinajstić information content (AvgIpc) is 3.38. The van der Waals surface area contributed by atoms with E-state index in [9.17, 15) is 26.3 Å². The lowest BCUT2D eigenvalue weighted by Crippen LogP contribution is -2.13. The molecule has 0 atom stereocenters. The molecule has 12 heteroatoms. The topological polar surface area (TPSA) is 76.8 Å². The first-order valence-electron chi connectivity index (χ1n) is 10.2. The highest BCUT2D eigenvalue weighted by Gasteiger charge is 2.40. The fraction of sp³-hybridized carbons (Fsp3) is 0.318. The van der Waals surface area contributed by atoms with Crippen LogP contribution in [-0.2, 0) is 25.2 Å². The van der Waals surface area contributed by atoms with Crippen molar-refractivity contribution in [2.24, 2.45) is 0 Å². The second-order valence-corrected chi connectivity index (χ2v) is 7.86. The Morgan fingerprint density at radius 3 is 2.21 bits per heavy atom. The molecule has 180 valence electrons. The molecule has 0 unspecified atom stereocenters. The minimum atomic E-state index is -4.73. The van der Waals surface area contributed by atoms with Crippen LogP contribution in [0, 0.1) is 0 Å². The van der Waals surface area contributed by atoms with E-state index in [0.29, 0.717) is 11.1 Å². The standard InChI is InChI=1S/C22H18F6N4O2/c1-11(2)33-16-8-6-12(9-15(16)21(23,24)25)3-4-13-5-7-14-17(10-13)34-19(18(14)22(26,27)28)20-29-31-32-30-20/h5-11H,3-4H2,1-2H3,(H,29,30,31,32). The summed E-state index contributed by atoms with van der Waals surface area (Å²) in [6.45, 7) is 3.26. The summed E-state index contributed by atoms with van der Waals surface area (Å²) < 4.78 is 92.1. The summed E-state index contributed by atoms with van der Waals surface area (Å²) in [4.78, 5) is 0. The minimum Gasteiger partial charge on any atom is -0.490 e. The SMILES string of the molecule is CC(C)Oc1ccc(CCc2ccc3c(C(F)(F)F)c(-c4nn[nH]n4)oc3c2)cc1C(F)(F)F. The zero-order valence-corrected chi connectivity index (χ0v) is 17.9. The number of fused-ring (bicyclic) bond motifs is 1. The zero-order valence-electron chi connectivity index (χ0n) is 17.9.